The molecule has 0 aromatic carbocycles. The zero-order valence-electron chi connectivity index (χ0n) is 12.1. The van der Waals surface area contributed by atoms with E-state index in [1.807, 2.05) is 0 Å². The summed E-state index contributed by atoms with van der Waals surface area (Å²) in [6, 6.07) is 0.449. The van der Waals surface area contributed by atoms with Gasteiger partial charge in [0.05, 0.1) is 7.11 Å². The summed E-state index contributed by atoms with van der Waals surface area (Å²) in [6.07, 6.45) is 0.810. The third-order valence-corrected chi connectivity index (χ3v) is 3.71. The number of piperazine rings is 1. The Kier molecular flexibility index (Phi) is 6.60. The predicted molar refractivity (Wildman–Crippen MR) is 72.6 cm³/mol. The van der Waals surface area contributed by atoms with Crippen LogP contribution in [-0.4, -0.2) is 74.7 Å². The van der Waals surface area contributed by atoms with Crippen LogP contribution >= 0.6 is 0 Å². The molecule has 1 fully saturated rings. The highest BCUT2D eigenvalue weighted by Crippen LogP contribution is 2.07. The highest BCUT2D eigenvalue weighted by Gasteiger charge is 2.21. The Bertz CT molecular complexity index is 251. The average Bonchev–Trinajstić information content (AvgIpc) is 2.39. The van der Waals surface area contributed by atoms with Crippen molar-refractivity contribution in [3.63, 3.8) is 0 Å². The Morgan fingerprint density at radius 3 is 2.33 bits per heavy atom. The molecule has 106 valence electrons. The molecule has 0 aromatic heterocycles. The number of hydrogen-bond donors (Lipinski definition) is 1. The highest BCUT2D eigenvalue weighted by molar-refractivity contribution is 5.75. The van der Waals surface area contributed by atoms with Crippen LogP contribution in [0.4, 0.5) is 0 Å². The Labute approximate surface area is 110 Å². The van der Waals surface area contributed by atoms with E-state index in [0.717, 1.165) is 39.1 Å². The molecule has 1 aliphatic rings. The monoisotopic (exact) mass is 257 g/mol. The molecule has 1 unspecified atom stereocenters. The van der Waals surface area contributed by atoms with Gasteiger partial charge in [-0.3, -0.25) is 9.69 Å². The van der Waals surface area contributed by atoms with E-state index in [-0.39, 0.29) is 12.0 Å². The van der Waals surface area contributed by atoms with Gasteiger partial charge in [-0.1, -0.05) is 0 Å². The number of rotatable bonds is 6. The third kappa shape index (κ3) is 4.55. The Morgan fingerprint density at radius 1 is 1.28 bits per heavy atom. The second-order valence-corrected chi connectivity index (χ2v) is 5.12. The molecule has 1 N–H and O–H groups in total. The SMILES string of the molecule is CNC(CCN1CCN(C(C)C)CC1)C(=O)OC. The smallest absolute Gasteiger partial charge is 0.322 e. The highest BCUT2D eigenvalue weighted by atomic mass is 16.5. The molecule has 1 saturated heterocycles. The van der Waals surface area contributed by atoms with Crippen molar-refractivity contribution in [2.45, 2.75) is 32.4 Å². The lowest BCUT2D eigenvalue weighted by molar-refractivity contribution is -0.143. The molecule has 5 nitrogen and oxygen atoms in total. The van der Waals surface area contributed by atoms with Crippen molar-refractivity contribution in [1.82, 2.24) is 15.1 Å². The van der Waals surface area contributed by atoms with Gasteiger partial charge in [0.15, 0.2) is 0 Å². The minimum Gasteiger partial charge on any atom is -0.468 e. The lowest BCUT2D eigenvalue weighted by atomic mass is 10.2. The largest absolute Gasteiger partial charge is 0.468 e. The summed E-state index contributed by atoms with van der Waals surface area (Å²) in [5, 5.41) is 3.01. The first-order chi connectivity index (χ1) is 8.58. The maximum atomic E-state index is 11.4. The van der Waals surface area contributed by atoms with E-state index >= 15 is 0 Å². The van der Waals surface area contributed by atoms with Gasteiger partial charge < -0.3 is 15.0 Å². The maximum Gasteiger partial charge on any atom is 0.322 e. The van der Waals surface area contributed by atoms with Gasteiger partial charge in [-0.05, 0) is 27.3 Å². The van der Waals surface area contributed by atoms with Gasteiger partial charge in [-0.25, -0.2) is 0 Å². The molecule has 0 radical (unpaired) electrons. The molecule has 1 aliphatic heterocycles. The maximum absolute atomic E-state index is 11.4. The quantitative estimate of drug-likeness (QED) is 0.687. The van der Waals surface area contributed by atoms with E-state index in [0.29, 0.717) is 6.04 Å². The summed E-state index contributed by atoms with van der Waals surface area (Å²) in [7, 11) is 3.24. The molecular formula is C13H27N3O2. The Balaban J connectivity index is 2.26. The normalized spacial score (nSPS) is 20.1. The van der Waals surface area contributed by atoms with Gasteiger partial charge in [-0.2, -0.15) is 0 Å². The van der Waals surface area contributed by atoms with Crippen molar-refractivity contribution < 1.29 is 9.53 Å². The van der Waals surface area contributed by atoms with Crippen molar-refractivity contribution in [2.75, 3.05) is 46.9 Å². The number of likely N-dealkylation sites (N-methyl/N-ethyl adjacent to an activating group) is 1. The van der Waals surface area contributed by atoms with Crippen LogP contribution in [0.5, 0.6) is 0 Å². The second kappa shape index (κ2) is 7.71. The molecule has 0 aliphatic carbocycles. The summed E-state index contributed by atoms with van der Waals surface area (Å²) in [4.78, 5) is 16.4. The molecule has 0 spiro atoms. The number of esters is 1. The molecule has 1 atom stereocenters. The first-order valence-corrected chi connectivity index (χ1v) is 6.80. The molecule has 5 heteroatoms. The van der Waals surface area contributed by atoms with Crippen LogP contribution in [-0.2, 0) is 9.53 Å². The van der Waals surface area contributed by atoms with Gasteiger partial charge in [-0.15, -0.1) is 0 Å². The summed E-state index contributed by atoms with van der Waals surface area (Å²) in [6.45, 7) is 9.87. The van der Waals surface area contributed by atoms with Crippen LogP contribution < -0.4 is 5.32 Å². The summed E-state index contributed by atoms with van der Waals surface area (Å²) >= 11 is 0. The fourth-order valence-electron chi connectivity index (χ4n) is 2.34. The molecule has 0 bridgehead atoms. The molecule has 1 heterocycles. The molecule has 0 amide bonds. The number of nitrogens with one attached hydrogen (secondary N) is 1. The van der Waals surface area contributed by atoms with E-state index in [1.54, 1.807) is 7.05 Å². The van der Waals surface area contributed by atoms with Gasteiger partial charge in [0.1, 0.15) is 6.04 Å². The number of carbonyl (C=O) groups is 1. The molecule has 18 heavy (non-hydrogen) atoms. The van der Waals surface area contributed by atoms with Gasteiger partial charge in [0, 0.05) is 38.8 Å². The van der Waals surface area contributed by atoms with Crippen molar-refractivity contribution in [3.8, 4) is 0 Å². The van der Waals surface area contributed by atoms with Crippen LogP contribution in [0.2, 0.25) is 0 Å². The Hall–Kier alpha value is -0.650. The number of nitrogens with zero attached hydrogens (tertiary/aromatic N) is 2. The van der Waals surface area contributed by atoms with Gasteiger partial charge in [0.2, 0.25) is 0 Å². The molecule has 0 aromatic rings. The topological polar surface area (TPSA) is 44.8 Å². The van der Waals surface area contributed by atoms with Gasteiger partial charge >= 0.3 is 5.97 Å². The minimum absolute atomic E-state index is 0.168. The predicted octanol–water partition coefficient (Wildman–Crippen LogP) is 0.164. The van der Waals surface area contributed by atoms with E-state index in [2.05, 4.69) is 29.0 Å². The van der Waals surface area contributed by atoms with Gasteiger partial charge in [0.25, 0.3) is 0 Å². The zero-order chi connectivity index (χ0) is 13.5. The first-order valence-electron chi connectivity index (χ1n) is 6.80. The van der Waals surface area contributed by atoms with Crippen molar-refractivity contribution in [2.24, 2.45) is 0 Å². The average molecular weight is 257 g/mol. The lowest BCUT2D eigenvalue weighted by Crippen LogP contribution is -2.50. The second-order valence-electron chi connectivity index (χ2n) is 5.12. The summed E-state index contributed by atoms with van der Waals surface area (Å²) < 4.78 is 4.76. The number of ether oxygens (including phenoxy) is 1. The number of hydrogen-bond acceptors (Lipinski definition) is 5. The summed E-state index contributed by atoms with van der Waals surface area (Å²) in [5.74, 6) is -0.168. The van der Waals surface area contributed by atoms with Crippen molar-refractivity contribution in [1.29, 1.82) is 0 Å². The van der Waals surface area contributed by atoms with E-state index in [1.165, 1.54) is 7.11 Å². The summed E-state index contributed by atoms with van der Waals surface area (Å²) in [5.41, 5.74) is 0. The van der Waals surface area contributed by atoms with Crippen LogP contribution in [0, 0.1) is 0 Å². The van der Waals surface area contributed by atoms with E-state index in [4.69, 9.17) is 4.74 Å². The van der Waals surface area contributed by atoms with Crippen molar-refractivity contribution in [3.05, 3.63) is 0 Å². The van der Waals surface area contributed by atoms with Crippen LogP contribution in [0.15, 0.2) is 0 Å². The zero-order valence-corrected chi connectivity index (χ0v) is 12.1. The number of carbonyl (C=O) groups excluding carboxylic acids is 1. The minimum atomic E-state index is -0.182. The lowest BCUT2D eigenvalue weighted by Gasteiger charge is -2.37. The van der Waals surface area contributed by atoms with E-state index < -0.39 is 0 Å². The molecule has 1 rings (SSSR count). The fourth-order valence-corrected chi connectivity index (χ4v) is 2.34. The third-order valence-electron chi connectivity index (χ3n) is 3.71. The standard InChI is InChI=1S/C13H27N3O2/c1-11(2)16-9-7-15(8-10-16)6-5-12(14-3)13(17)18-4/h11-12,14H,5-10H2,1-4H3. The molecule has 0 saturated carbocycles. The first kappa shape index (κ1) is 15.4. The Morgan fingerprint density at radius 2 is 1.89 bits per heavy atom. The van der Waals surface area contributed by atoms with E-state index in [9.17, 15) is 4.79 Å². The fraction of sp³-hybridized carbons (Fsp3) is 0.923. The van der Waals surface area contributed by atoms with Crippen LogP contribution in [0.3, 0.4) is 0 Å². The van der Waals surface area contributed by atoms with Crippen LogP contribution in [0.1, 0.15) is 20.3 Å². The molecular weight excluding hydrogens is 230 g/mol. The number of methoxy groups -OCH3 is 1. The van der Waals surface area contributed by atoms with Crippen LogP contribution in [0.25, 0.3) is 0 Å². The van der Waals surface area contributed by atoms with Crippen molar-refractivity contribution >= 4 is 5.97 Å².